The first-order chi connectivity index (χ1) is 13.9. The van der Waals surface area contributed by atoms with E-state index in [0.29, 0.717) is 22.4 Å². The van der Waals surface area contributed by atoms with Crippen molar-refractivity contribution in [1.29, 1.82) is 0 Å². The standard InChI is InChI=1S/C20H17N3O6/c1-11(24)13-7-16-17(29-10-28-16)8-14(13)21-18(25)9-23-15-6-4-3-5-12(15)19(26)22(2)20(23)27/h3-8H,9-10H2,1-2H3,(H,21,25). The normalized spacial score (nSPS) is 12.2. The zero-order valence-electron chi connectivity index (χ0n) is 15.7. The van der Waals surface area contributed by atoms with Crippen molar-refractivity contribution in [2.75, 3.05) is 12.1 Å². The van der Waals surface area contributed by atoms with Crippen LogP contribution in [-0.4, -0.2) is 27.6 Å². The van der Waals surface area contributed by atoms with Crippen molar-refractivity contribution in [3.05, 3.63) is 62.8 Å². The minimum atomic E-state index is -0.610. The van der Waals surface area contributed by atoms with E-state index in [9.17, 15) is 19.2 Å². The molecule has 0 saturated carbocycles. The first-order valence-corrected chi connectivity index (χ1v) is 8.80. The van der Waals surface area contributed by atoms with Gasteiger partial charge in [0.05, 0.1) is 16.6 Å². The van der Waals surface area contributed by atoms with Gasteiger partial charge in [0.2, 0.25) is 12.7 Å². The minimum absolute atomic E-state index is 0.0313. The lowest BCUT2D eigenvalue weighted by Gasteiger charge is -2.14. The highest BCUT2D eigenvalue weighted by molar-refractivity contribution is 6.04. The van der Waals surface area contributed by atoms with Crippen LogP contribution in [0.5, 0.6) is 11.5 Å². The molecule has 4 rings (SSSR count). The molecule has 3 aromatic rings. The molecule has 0 aliphatic carbocycles. The third kappa shape index (κ3) is 3.16. The number of hydrogen-bond acceptors (Lipinski definition) is 6. The fourth-order valence-electron chi connectivity index (χ4n) is 3.26. The van der Waals surface area contributed by atoms with Crippen LogP contribution >= 0.6 is 0 Å². The number of nitrogens with zero attached hydrogens (tertiary/aromatic N) is 2. The van der Waals surface area contributed by atoms with E-state index in [1.54, 1.807) is 24.3 Å². The van der Waals surface area contributed by atoms with Gasteiger partial charge in [-0.2, -0.15) is 0 Å². The van der Waals surface area contributed by atoms with Gasteiger partial charge in [0, 0.05) is 18.7 Å². The van der Waals surface area contributed by atoms with Gasteiger partial charge >= 0.3 is 5.69 Å². The summed E-state index contributed by atoms with van der Waals surface area (Å²) in [6, 6.07) is 9.59. The summed E-state index contributed by atoms with van der Waals surface area (Å²) in [6.45, 7) is 1.07. The molecule has 0 atom stereocenters. The predicted octanol–water partition coefficient (Wildman–Crippen LogP) is 1.27. The molecule has 0 spiro atoms. The summed E-state index contributed by atoms with van der Waals surface area (Å²) >= 11 is 0. The summed E-state index contributed by atoms with van der Waals surface area (Å²) in [6.07, 6.45) is 0. The Hall–Kier alpha value is -3.88. The quantitative estimate of drug-likeness (QED) is 0.667. The number of nitrogens with one attached hydrogen (secondary N) is 1. The maximum Gasteiger partial charge on any atom is 0.331 e. The van der Waals surface area contributed by atoms with Crippen molar-refractivity contribution in [1.82, 2.24) is 9.13 Å². The van der Waals surface area contributed by atoms with Crippen LogP contribution in [-0.2, 0) is 18.4 Å². The molecule has 1 aliphatic rings. The molecule has 1 amide bonds. The predicted molar refractivity (Wildman–Crippen MR) is 105 cm³/mol. The second-order valence-corrected chi connectivity index (χ2v) is 6.61. The zero-order valence-corrected chi connectivity index (χ0v) is 15.7. The molecule has 1 N–H and O–H groups in total. The third-order valence-electron chi connectivity index (χ3n) is 4.72. The largest absolute Gasteiger partial charge is 0.454 e. The van der Waals surface area contributed by atoms with Gasteiger partial charge in [0.15, 0.2) is 17.3 Å². The Morgan fingerprint density at radius 3 is 2.52 bits per heavy atom. The van der Waals surface area contributed by atoms with Crippen LogP contribution in [0.1, 0.15) is 17.3 Å². The number of carbonyl (C=O) groups excluding carboxylic acids is 2. The number of Topliss-reactive ketones (excluding diaryl/α,β-unsaturated/α-hetero) is 1. The van der Waals surface area contributed by atoms with Gasteiger partial charge in [-0.05, 0) is 25.1 Å². The van der Waals surface area contributed by atoms with E-state index >= 15 is 0 Å². The summed E-state index contributed by atoms with van der Waals surface area (Å²) in [5.41, 5.74) is -0.166. The number of ketones is 1. The number of para-hydroxylation sites is 1. The second kappa shape index (κ2) is 6.93. The minimum Gasteiger partial charge on any atom is -0.454 e. The molecule has 1 aliphatic heterocycles. The second-order valence-electron chi connectivity index (χ2n) is 6.61. The molecule has 1 aromatic heterocycles. The van der Waals surface area contributed by atoms with Gasteiger partial charge in [-0.25, -0.2) is 4.79 Å². The number of anilines is 1. The molecule has 0 saturated heterocycles. The molecule has 2 aromatic carbocycles. The van der Waals surface area contributed by atoms with Gasteiger partial charge in [-0.3, -0.25) is 23.5 Å². The van der Waals surface area contributed by atoms with Crippen molar-refractivity contribution in [3.8, 4) is 11.5 Å². The fourth-order valence-corrected chi connectivity index (χ4v) is 3.26. The van der Waals surface area contributed by atoms with Crippen LogP contribution in [0.4, 0.5) is 5.69 Å². The molecular weight excluding hydrogens is 378 g/mol. The van der Waals surface area contributed by atoms with Crippen molar-refractivity contribution in [2.45, 2.75) is 13.5 Å². The van der Waals surface area contributed by atoms with Gasteiger partial charge in [0.1, 0.15) is 6.54 Å². The van der Waals surface area contributed by atoms with E-state index in [2.05, 4.69) is 5.32 Å². The molecule has 9 nitrogen and oxygen atoms in total. The zero-order chi connectivity index (χ0) is 20.7. The smallest absolute Gasteiger partial charge is 0.331 e. The van der Waals surface area contributed by atoms with Gasteiger partial charge in [-0.1, -0.05) is 12.1 Å². The van der Waals surface area contributed by atoms with Crippen LogP contribution in [0.2, 0.25) is 0 Å². The fraction of sp³-hybridized carbons (Fsp3) is 0.200. The van der Waals surface area contributed by atoms with E-state index in [1.165, 1.54) is 30.7 Å². The van der Waals surface area contributed by atoms with E-state index in [-0.39, 0.29) is 30.4 Å². The molecule has 0 radical (unpaired) electrons. The first-order valence-electron chi connectivity index (χ1n) is 8.80. The third-order valence-corrected chi connectivity index (χ3v) is 4.72. The number of rotatable bonds is 4. The van der Waals surface area contributed by atoms with E-state index in [0.717, 1.165) is 4.57 Å². The average Bonchev–Trinajstić information content (AvgIpc) is 3.16. The molecule has 0 unspecified atom stereocenters. The Morgan fingerprint density at radius 2 is 1.79 bits per heavy atom. The monoisotopic (exact) mass is 395 g/mol. The number of amides is 1. The van der Waals surface area contributed by atoms with Crippen molar-refractivity contribution < 1.29 is 19.1 Å². The van der Waals surface area contributed by atoms with Gasteiger partial charge < -0.3 is 14.8 Å². The maximum absolute atomic E-state index is 12.7. The number of aromatic nitrogens is 2. The van der Waals surface area contributed by atoms with Crippen LogP contribution in [0, 0.1) is 0 Å². The summed E-state index contributed by atoms with van der Waals surface area (Å²) < 4.78 is 12.7. The van der Waals surface area contributed by atoms with Crippen LogP contribution in [0.25, 0.3) is 10.9 Å². The van der Waals surface area contributed by atoms with E-state index in [4.69, 9.17) is 9.47 Å². The topological polar surface area (TPSA) is 109 Å². The molecule has 29 heavy (non-hydrogen) atoms. The van der Waals surface area contributed by atoms with Crippen LogP contribution in [0.15, 0.2) is 46.0 Å². The Balaban J connectivity index is 1.71. The Morgan fingerprint density at radius 1 is 1.10 bits per heavy atom. The molecular formula is C20H17N3O6. The highest BCUT2D eigenvalue weighted by Gasteiger charge is 2.21. The summed E-state index contributed by atoms with van der Waals surface area (Å²) in [7, 11) is 1.36. The van der Waals surface area contributed by atoms with Crippen molar-refractivity contribution in [2.24, 2.45) is 7.05 Å². The van der Waals surface area contributed by atoms with Gasteiger partial charge in [-0.15, -0.1) is 0 Å². The number of fused-ring (bicyclic) bond motifs is 2. The number of ether oxygens (including phenoxy) is 2. The molecule has 148 valence electrons. The summed E-state index contributed by atoms with van der Waals surface area (Å²) in [5.74, 6) is 0.0455. The lowest BCUT2D eigenvalue weighted by molar-refractivity contribution is -0.116. The van der Waals surface area contributed by atoms with E-state index < -0.39 is 17.2 Å². The van der Waals surface area contributed by atoms with Gasteiger partial charge in [0.25, 0.3) is 5.56 Å². The Kier molecular flexibility index (Phi) is 4.42. The first kappa shape index (κ1) is 18.5. The molecule has 9 heteroatoms. The molecule has 0 bridgehead atoms. The number of benzene rings is 2. The van der Waals surface area contributed by atoms with E-state index in [1.807, 2.05) is 0 Å². The Labute approximate surface area is 164 Å². The molecule has 0 fully saturated rings. The van der Waals surface area contributed by atoms with Crippen LogP contribution in [0.3, 0.4) is 0 Å². The number of hydrogen-bond donors (Lipinski definition) is 1. The van der Waals surface area contributed by atoms with Crippen molar-refractivity contribution in [3.63, 3.8) is 0 Å². The lowest BCUT2D eigenvalue weighted by atomic mass is 10.1. The van der Waals surface area contributed by atoms with Crippen molar-refractivity contribution >= 4 is 28.3 Å². The number of carbonyl (C=O) groups is 2. The SMILES string of the molecule is CC(=O)c1cc2c(cc1NC(=O)Cn1c(=O)n(C)c(=O)c3ccccc31)OCO2. The summed E-state index contributed by atoms with van der Waals surface area (Å²) in [4.78, 5) is 49.6. The average molecular weight is 395 g/mol. The highest BCUT2D eigenvalue weighted by Crippen LogP contribution is 2.37. The molecule has 2 heterocycles. The Bertz CT molecular complexity index is 1290. The lowest BCUT2D eigenvalue weighted by Crippen LogP contribution is -2.40. The summed E-state index contributed by atoms with van der Waals surface area (Å²) in [5, 5.41) is 2.98. The maximum atomic E-state index is 12.7. The highest BCUT2D eigenvalue weighted by atomic mass is 16.7. The van der Waals surface area contributed by atoms with Crippen LogP contribution < -0.4 is 26.0 Å².